The maximum Gasteiger partial charge on any atom is 0.254 e. The molecule has 1 fully saturated rings. The number of para-hydroxylation sites is 1. The normalized spacial score (nSPS) is 17.2. The maximum absolute atomic E-state index is 13.1. The van der Waals surface area contributed by atoms with Crippen LogP contribution in [0.25, 0.3) is 11.4 Å². The van der Waals surface area contributed by atoms with Gasteiger partial charge < -0.3 is 14.8 Å². The lowest BCUT2D eigenvalue weighted by atomic mass is 10.1. The minimum Gasteiger partial charge on any atom is -0.367 e. The molecule has 0 radical (unpaired) electrons. The van der Waals surface area contributed by atoms with Gasteiger partial charge in [-0.3, -0.25) is 4.79 Å². The fourth-order valence-electron chi connectivity index (χ4n) is 3.78. The average molecular weight is 360 g/mol. The molecule has 1 saturated heterocycles. The van der Waals surface area contributed by atoms with E-state index in [4.69, 9.17) is 0 Å². The topological polar surface area (TPSA) is 52.2 Å². The van der Waals surface area contributed by atoms with Crippen molar-refractivity contribution in [3.63, 3.8) is 0 Å². The molecule has 2 aromatic carbocycles. The first kappa shape index (κ1) is 17.3. The first-order valence-corrected chi connectivity index (χ1v) is 9.35. The van der Waals surface area contributed by atoms with Gasteiger partial charge in [0.25, 0.3) is 5.91 Å². The molecule has 0 bridgehead atoms. The summed E-state index contributed by atoms with van der Waals surface area (Å²) < 4.78 is 0. The number of H-pyrrole nitrogens is 1. The van der Waals surface area contributed by atoms with Gasteiger partial charge in [0.05, 0.1) is 0 Å². The summed E-state index contributed by atoms with van der Waals surface area (Å²) in [7, 11) is 0. The molecular formula is C22H24N4O. The highest BCUT2D eigenvalue weighted by atomic mass is 16.2. The highest BCUT2D eigenvalue weighted by molar-refractivity contribution is 5.95. The van der Waals surface area contributed by atoms with E-state index in [2.05, 4.69) is 53.0 Å². The number of aromatic nitrogens is 2. The SMILES string of the molecule is Cc1ccccc1N1CCN(C(=O)c2cccc(-c3ncc[nH]3)c2)[C@H](C)C1. The molecule has 138 valence electrons. The third-order valence-corrected chi connectivity index (χ3v) is 5.23. The monoisotopic (exact) mass is 360 g/mol. The van der Waals surface area contributed by atoms with Crippen molar-refractivity contribution in [3.05, 3.63) is 72.1 Å². The first-order chi connectivity index (χ1) is 13.1. The molecule has 0 aliphatic carbocycles. The zero-order valence-corrected chi connectivity index (χ0v) is 15.7. The fraction of sp³-hybridized carbons (Fsp3) is 0.273. The Morgan fingerprint density at radius 1 is 1.15 bits per heavy atom. The predicted octanol–water partition coefficient (Wildman–Crippen LogP) is 3.74. The van der Waals surface area contributed by atoms with Gasteiger partial charge in [0.1, 0.15) is 5.82 Å². The van der Waals surface area contributed by atoms with Gasteiger partial charge in [0, 0.05) is 54.9 Å². The molecule has 1 aliphatic heterocycles. The molecule has 1 aliphatic rings. The Hall–Kier alpha value is -3.08. The number of carbonyl (C=O) groups excluding carboxylic acids is 1. The van der Waals surface area contributed by atoms with Crippen LogP contribution < -0.4 is 4.90 Å². The Bertz CT molecular complexity index is 935. The molecule has 0 unspecified atom stereocenters. The molecule has 4 rings (SSSR count). The number of nitrogens with zero attached hydrogens (tertiary/aromatic N) is 3. The summed E-state index contributed by atoms with van der Waals surface area (Å²) in [5.74, 6) is 0.863. The van der Waals surface area contributed by atoms with Crippen LogP contribution in [-0.2, 0) is 0 Å². The second-order valence-corrected chi connectivity index (χ2v) is 7.10. The number of aromatic amines is 1. The van der Waals surface area contributed by atoms with Gasteiger partial charge in [-0.05, 0) is 37.6 Å². The van der Waals surface area contributed by atoms with E-state index in [1.165, 1.54) is 11.3 Å². The van der Waals surface area contributed by atoms with Crippen molar-refractivity contribution in [2.24, 2.45) is 0 Å². The van der Waals surface area contributed by atoms with E-state index >= 15 is 0 Å². The molecule has 5 nitrogen and oxygen atoms in total. The van der Waals surface area contributed by atoms with Crippen molar-refractivity contribution < 1.29 is 4.79 Å². The second-order valence-electron chi connectivity index (χ2n) is 7.10. The van der Waals surface area contributed by atoms with Gasteiger partial charge in [0.2, 0.25) is 0 Å². The Morgan fingerprint density at radius 2 is 2.00 bits per heavy atom. The summed E-state index contributed by atoms with van der Waals surface area (Å²) in [6.45, 7) is 6.67. The number of piperazine rings is 1. The van der Waals surface area contributed by atoms with Crippen molar-refractivity contribution in [2.45, 2.75) is 19.9 Å². The lowest BCUT2D eigenvalue weighted by Gasteiger charge is -2.41. The van der Waals surface area contributed by atoms with Crippen LogP contribution in [0, 0.1) is 6.92 Å². The highest BCUT2D eigenvalue weighted by Gasteiger charge is 2.28. The number of carbonyl (C=O) groups is 1. The number of rotatable bonds is 3. The zero-order chi connectivity index (χ0) is 18.8. The number of aryl methyl sites for hydroxylation is 1. The van der Waals surface area contributed by atoms with Gasteiger partial charge in [-0.2, -0.15) is 0 Å². The van der Waals surface area contributed by atoms with Crippen molar-refractivity contribution in [1.82, 2.24) is 14.9 Å². The lowest BCUT2D eigenvalue weighted by molar-refractivity contribution is 0.0674. The molecule has 1 N–H and O–H groups in total. The smallest absolute Gasteiger partial charge is 0.254 e. The van der Waals surface area contributed by atoms with Crippen LogP contribution in [-0.4, -0.2) is 46.5 Å². The van der Waals surface area contributed by atoms with Crippen LogP contribution >= 0.6 is 0 Å². The number of imidazole rings is 1. The third-order valence-electron chi connectivity index (χ3n) is 5.23. The van der Waals surface area contributed by atoms with E-state index in [9.17, 15) is 4.79 Å². The molecule has 1 atom stereocenters. The van der Waals surface area contributed by atoms with Gasteiger partial charge in [-0.1, -0.05) is 30.3 Å². The van der Waals surface area contributed by atoms with E-state index in [0.717, 1.165) is 31.0 Å². The summed E-state index contributed by atoms with van der Waals surface area (Å²) in [4.78, 5) is 24.9. The van der Waals surface area contributed by atoms with Crippen LogP contribution in [0.4, 0.5) is 5.69 Å². The van der Waals surface area contributed by atoms with Gasteiger partial charge in [0.15, 0.2) is 0 Å². The number of anilines is 1. The summed E-state index contributed by atoms with van der Waals surface area (Å²) >= 11 is 0. The molecule has 27 heavy (non-hydrogen) atoms. The van der Waals surface area contributed by atoms with E-state index in [1.54, 1.807) is 12.4 Å². The lowest BCUT2D eigenvalue weighted by Crippen LogP contribution is -2.54. The van der Waals surface area contributed by atoms with Crippen molar-refractivity contribution in [1.29, 1.82) is 0 Å². The quantitative estimate of drug-likeness (QED) is 0.774. The average Bonchev–Trinajstić information content (AvgIpc) is 3.23. The molecular weight excluding hydrogens is 336 g/mol. The summed E-state index contributed by atoms with van der Waals surface area (Å²) in [5.41, 5.74) is 4.17. The van der Waals surface area contributed by atoms with Crippen LogP contribution in [0.3, 0.4) is 0 Å². The zero-order valence-electron chi connectivity index (χ0n) is 15.7. The number of nitrogens with one attached hydrogen (secondary N) is 1. The minimum absolute atomic E-state index is 0.0836. The number of hydrogen-bond acceptors (Lipinski definition) is 3. The fourth-order valence-corrected chi connectivity index (χ4v) is 3.78. The highest BCUT2D eigenvalue weighted by Crippen LogP contribution is 2.24. The van der Waals surface area contributed by atoms with Crippen molar-refractivity contribution in [3.8, 4) is 11.4 Å². The standard InChI is InChI=1S/C22H24N4O/c1-16-6-3-4-9-20(16)25-12-13-26(17(2)15-25)22(27)19-8-5-7-18(14-19)21-23-10-11-24-21/h3-11,14,17H,12-13,15H2,1-2H3,(H,23,24)/t17-/m1/s1. The number of hydrogen-bond donors (Lipinski definition) is 1. The van der Waals surface area contributed by atoms with Gasteiger partial charge in [-0.15, -0.1) is 0 Å². The van der Waals surface area contributed by atoms with E-state index in [1.807, 2.05) is 29.2 Å². The molecule has 0 spiro atoms. The van der Waals surface area contributed by atoms with Gasteiger partial charge in [-0.25, -0.2) is 4.98 Å². The summed E-state index contributed by atoms with van der Waals surface area (Å²) in [6, 6.07) is 16.3. The minimum atomic E-state index is 0.0836. The Kier molecular flexibility index (Phi) is 4.67. The van der Waals surface area contributed by atoms with Crippen LogP contribution in [0.1, 0.15) is 22.8 Å². The Balaban J connectivity index is 1.51. The van der Waals surface area contributed by atoms with Crippen molar-refractivity contribution >= 4 is 11.6 Å². The van der Waals surface area contributed by atoms with E-state index in [-0.39, 0.29) is 11.9 Å². The van der Waals surface area contributed by atoms with Gasteiger partial charge >= 0.3 is 0 Å². The van der Waals surface area contributed by atoms with E-state index < -0.39 is 0 Å². The van der Waals surface area contributed by atoms with Crippen molar-refractivity contribution in [2.75, 3.05) is 24.5 Å². The summed E-state index contributed by atoms with van der Waals surface area (Å²) in [6.07, 6.45) is 3.51. The largest absolute Gasteiger partial charge is 0.367 e. The van der Waals surface area contributed by atoms with E-state index in [0.29, 0.717) is 5.56 Å². The molecule has 3 aromatic rings. The molecule has 1 aromatic heterocycles. The third kappa shape index (κ3) is 3.45. The maximum atomic E-state index is 13.1. The van der Waals surface area contributed by atoms with Crippen LogP contribution in [0.2, 0.25) is 0 Å². The molecule has 1 amide bonds. The Labute approximate surface area is 159 Å². The predicted molar refractivity (Wildman–Crippen MR) is 108 cm³/mol. The number of amides is 1. The molecule has 2 heterocycles. The first-order valence-electron chi connectivity index (χ1n) is 9.35. The molecule has 5 heteroatoms. The number of benzene rings is 2. The van der Waals surface area contributed by atoms with Crippen LogP contribution in [0.5, 0.6) is 0 Å². The Morgan fingerprint density at radius 3 is 2.74 bits per heavy atom. The second kappa shape index (κ2) is 7.27. The summed E-state index contributed by atoms with van der Waals surface area (Å²) in [5, 5.41) is 0. The van der Waals surface area contributed by atoms with Crippen LogP contribution in [0.15, 0.2) is 60.9 Å². The molecule has 0 saturated carbocycles.